The van der Waals surface area contributed by atoms with Crippen LogP contribution in [0.3, 0.4) is 0 Å². The minimum absolute atomic E-state index is 0.0558. The van der Waals surface area contributed by atoms with E-state index < -0.39 is 52.3 Å². The standard InChI is InChI=1S/C28H39Cl3N2O6/c1-17(2)14-21(26(36)33-13-9-12-22(33)27(37)39-16-28(29,30)31)32-25(35)19(5)23(34)24(18(3)4)38-15-20-10-7-6-8-11-20/h6-8,10-11,17-19,21-22,24H,9,12-16H2,1-5H3,(H,32,35)/t19?,21-,22-,24-/m0/s1. The minimum Gasteiger partial charge on any atom is -0.460 e. The van der Waals surface area contributed by atoms with Crippen molar-refractivity contribution in [3.8, 4) is 0 Å². The fourth-order valence-electron chi connectivity index (χ4n) is 4.45. The molecular weight excluding hydrogens is 567 g/mol. The number of amides is 2. The molecule has 1 saturated heterocycles. The predicted octanol–water partition coefficient (Wildman–Crippen LogP) is 4.87. The Labute approximate surface area is 246 Å². The molecule has 11 heteroatoms. The summed E-state index contributed by atoms with van der Waals surface area (Å²) >= 11 is 17.1. The molecule has 1 fully saturated rings. The van der Waals surface area contributed by atoms with E-state index in [0.717, 1.165) is 5.56 Å². The van der Waals surface area contributed by atoms with E-state index in [1.807, 2.05) is 58.0 Å². The number of hydrogen-bond acceptors (Lipinski definition) is 6. The van der Waals surface area contributed by atoms with Crippen LogP contribution in [0.5, 0.6) is 0 Å². The number of rotatable bonds is 13. The van der Waals surface area contributed by atoms with Crippen LogP contribution in [0.1, 0.15) is 59.4 Å². The molecule has 0 aromatic heterocycles. The summed E-state index contributed by atoms with van der Waals surface area (Å²) < 4.78 is 9.27. The SMILES string of the molecule is CC(C)C[C@H](NC(=O)C(C)C(=O)[C@@H](OCc1ccccc1)C(C)C)C(=O)N1CCC[C@H]1C(=O)OCC(Cl)(Cl)Cl. The highest BCUT2D eigenvalue weighted by Crippen LogP contribution is 2.28. The van der Waals surface area contributed by atoms with Crippen LogP contribution in [0, 0.1) is 17.8 Å². The number of Topliss-reactive ketones (excluding diaryl/α,β-unsaturated/α-hetero) is 1. The first kappa shape index (κ1) is 33.3. The van der Waals surface area contributed by atoms with Crippen molar-refractivity contribution in [1.82, 2.24) is 10.2 Å². The lowest BCUT2D eigenvalue weighted by Gasteiger charge is -2.30. The molecule has 2 amide bonds. The Morgan fingerprint density at radius 3 is 2.26 bits per heavy atom. The Hall–Kier alpha value is -1.87. The van der Waals surface area contributed by atoms with Gasteiger partial charge in [0.15, 0.2) is 5.78 Å². The second kappa shape index (κ2) is 15.2. The normalized spacial score (nSPS) is 18.1. The highest BCUT2D eigenvalue weighted by molar-refractivity contribution is 6.67. The molecule has 1 heterocycles. The first-order valence-corrected chi connectivity index (χ1v) is 14.4. The van der Waals surface area contributed by atoms with E-state index in [9.17, 15) is 19.2 Å². The number of likely N-dealkylation sites (tertiary alicyclic amines) is 1. The molecular formula is C28H39Cl3N2O6. The number of halogens is 3. The van der Waals surface area contributed by atoms with Gasteiger partial charge in [-0.15, -0.1) is 0 Å². The van der Waals surface area contributed by atoms with Crippen LogP contribution in [0.2, 0.25) is 0 Å². The smallest absolute Gasteiger partial charge is 0.329 e. The molecule has 0 saturated carbocycles. The van der Waals surface area contributed by atoms with Crippen molar-refractivity contribution in [2.24, 2.45) is 17.8 Å². The van der Waals surface area contributed by atoms with Gasteiger partial charge in [0.25, 0.3) is 0 Å². The van der Waals surface area contributed by atoms with Gasteiger partial charge in [-0.2, -0.15) is 0 Å². The number of nitrogens with one attached hydrogen (secondary N) is 1. The van der Waals surface area contributed by atoms with E-state index in [-0.39, 0.29) is 24.2 Å². The third-order valence-electron chi connectivity index (χ3n) is 6.49. The van der Waals surface area contributed by atoms with Crippen molar-refractivity contribution in [1.29, 1.82) is 0 Å². The summed E-state index contributed by atoms with van der Waals surface area (Å²) in [5.74, 6) is -3.15. The second-order valence-corrected chi connectivity index (χ2v) is 13.2. The molecule has 4 atom stereocenters. The molecule has 1 N–H and O–H groups in total. The van der Waals surface area contributed by atoms with E-state index in [4.69, 9.17) is 44.3 Å². The van der Waals surface area contributed by atoms with Gasteiger partial charge in [0.2, 0.25) is 15.6 Å². The van der Waals surface area contributed by atoms with Gasteiger partial charge in [0.05, 0.1) is 12.5 Å². The number of esters is 1. The Bertz CT molecular complexity index is 983. The third kappa shape index (κ3) is 10.6. The minimum atomic E-state index is -1.77. The highest BCUT2D eigenvalue weighted by Gasteiger charge is 2.40. The predicted molar refractivity (Wildman–Crippen MR) is 151 cm³/mol. The summed E-state index contributed by atoms with van der Waals surface area (Å²) in [5, 5.41) is 2.77. The summed E-state index contributed by atoms with van der Waals surface area (Å²) in [6.45, 7) is 9.20. The van der Waals surface area contributed by atoms with Gasteiger partial charge in [-0.3, -0.25) is 14.4 Å². The second-order valence-electron chi connectivity index (χ2n) is 10.7. The Balaban J connectivity index is 2.10. The average Bonchev–Trinajstić information content (AvgIpc) is 3.35. The van der Waals surface area contributed by atoms with Crippen LogP contribution in [0.25, 0.3) is 0 Å². The van der Waals surface area contributed by atoms with Crippen molar-refractivity contribution in [3.05, 3.63) is 35.9 Å². The molecule has 8 nitrogen and oxygen atoms in total. The zero-order valence-corrected chi connectivity index (χ0v) is 25.4. The van der Waals surface area contributed by atoms with E-state index in [0.29, 0.717) is 25.8 Å². The number of carbonyl (C=O) groups is 4. The number of benzene rings is 1. The lowest BCUT2D eigenvalue weighted by molar-refractivity contribution is -0.154. The first-order valence-electron chi connectivity index (χ1n) is 13.2. The van der Waals surface area contributed by atoms with E-state index in [2.05, 4.69) is 5.32 Å². The molecule has 1 aromatic carbocycles. The molecule has 0 bridgehead atoms. The highest BCUT2D eigenvalue weighted by atomic mass is 35.6. The largest absolute Gasteiger partial charge is 0.460 e. The Morgan fingerprint density at radius 2 is 1.69 bits per heavy atom. The summed E-state index contributed by atoms with van der Waals surface area (Å²) in [5.41, 5.74) is 0.920. The Morgan fingerprint density at radius 1 is 1.05 bits per heavy atom. The third-order valence-corrected chi connectivity index (χ3v) is 6.81. The van der Waals surface area contributed by atoms with Crippen molar-refractivity contribution < 1.29 is 28.7 Å². The van der Waals surface area contributed by atoms with Gasteiger partial charge >= 0.3 is 5.97 Å². The van der Waals surface area contributed by atoms with Gasteiger partial charge in [-0.05, 0) is 43.6 Å². The van der Waals surface area contributed by atoms with E-state index in [1.165, 1.54) is 11.8 Å². The maximum atomic E-state index is 13.5. The van der Waals surface area contributed by atoms with Crippen LogP contribution in [-0.2, 0) is 35.3 Å². The van der Waals surface area contributed by atoms with Gasteiger partial charge in [-0.25, -0.2) is 4.79 Å². The maximum absolute atomic E-state index is 13.5. The summed E-state index contributed by atoms with van der Waals surface area (Å²) in [4.78, 5) is 54.1. The van der Waals surface area contributed by atoms with Crippen molar-refractivity contribution in [2.75, 3.05) is 13.2 Å². The number of alkyl halides is 3. The monoisotopic (exact) mass is 604 g/mol. The molecule has 39 heavy (non-hydrogen) atoms. The summed E-state index contributed by atoms with van der Waals surface area (Å²) in [6.07, 6.45) is 0.526. The molecule has 0 radical (unpaired) electrons. The van der Waals surface area contributed by atoms with Crippen LogP contribution >= 0.6 is 34.8 Å². The lowest BCUT2D eigenvalue weighted by Crippen LogP contribution is -2.54. The quantitative estimate of drug-likeness (QED) is 0.196. The number of ketones is 1. The molecule has 0 spiro atoms. The fourth-order valence-corrected chi connectivity index (χ4v) is 4.62. The summed E-state index contributed by atoms with van der Waals surface area (Å²) in [6, 6.07) is 7.71. The fraction of sp³-hybridized carbons (Fsp3) is 0.643. The first-order chi connectivity index (χ1) is 18.2. The number of carbonyl (C=O) groups excluding carboxylic acids is 4. The molecule has 218 valence electrons. The van der Waals surface area contributed by atoms with Crippen molar-refractivity contribution in [2.45, 2.75) is 82.5 Å². The molecule has 1 aromatic rings. The number of hydrogen-bond donors (Lipinski definition) is 1. The molecule has 0 aliphatic carbocycles. The van der Waals surface area contributed by atoms with E-state index >= 15 is 0 Å². The van der Waals surface area contributed by atoms with Gasteiger partial charge in [0, 0.05) is 6.54 Å². The topological polar surface area (TPSA) is 102 Å². The van der Waals surface area contributed by atoms with Crippen molar-refractivity contribution in [3.63, 3.8) is 0 Å². The summed E-state index contributed by atoms with van der Waals surface area (Å²) in [7, 11) is 0. The number of ether oxygens (including phenoxy) is 2. The zero-order valence-electron chi connectivity index (χ0n) is 23.1. The molecule has 1 aliphatic heterocycles. The average molecular weight is 606 g/mol. The molecule has 1 unspecified atom stereocenters. The van der Waals surface area contributed by atoms with Crippen LogP contribution < -0.4 is 5.32 Å². The van der Waals surface area contributed by atoms with E-state index in [1.54, 1.807) is 0 Å². The van der Waals surface area contributed by atoms with Crippen LogP contribution in [-0.4, -0.2) is 63.6 Å². The lowest BCUT2D eigenvalue weighted by atomic mass is 9.93. The maximum Gasteiger partial charge on any atom is 0.329 e. The zero-order chi connectivity index (χ0) is 29.3. The van der Waals surface area contributed by atoms with Crippen LogP contribution in [0.15, 0.2) is 30.3 Å². The van der Waals surface area contributed by atoms with Gasteiger partial charge in [-0.1, -0.05) is 92.8 Å². The van der Waals surface area contributed by atoms with Crippen molar-refractivity contribution >= 4 is 58.4 Å². The van der Waals surface area contributed by atoms with Crippen LogP contribution in [0.4, 0.5) is 0 Å². The molecule has 2 rings (SSSR count). The van der Waals surface area contributed by atoms with Gasteiger partial charge in [0.1, 0.15) is 24.8 Å². The molecule has 1 aliphatic rings. The Kier molecular flexibility index (Phi) is 13.0. The van der Waals surface area contributed by atoms with Gasteiger partial charge < -0.3 is 19.7 Å². The number of nitrogens with zero attached hydrogens (tertiary/aromatic N) is 1.